The number of aromatic amines is 1. The number of aliphatic hydroxyl groups is 1. The molecule has 25 heavy (non-hydrogen) atoms. The van der Waals surface area contributed by atoms with Crippen LogP contribution < -0.4 is 15.6 Å². The fraction of sp³-hybridized carbons (Fsp3) is 0.389. The zero-order chi connectivity index (χ0) is 18.1. The molecule has 1 amide bonds. The van der Waals surface area contributed by atoms with E-state index < -0.39 is 0 Å². The van der Waals surface area contributed by atoms with Crippen molar-refractivity contribution in [2.75, 3.05) is 20.3 Å². The molecule has 0 aliphatic rings. The molecule has 2 aromatic rings. The second kappa shape index (κ2) is 9.58. The molecule has 3 N–H and O–H groups in total. The van der Waals surface area contributed by atoms with Crippen LogP contribution in [0.15, 0.2) is 35.1 Å². The molecule has 0 saturated carbocycles. The maximum absolute atomic E-state index is 12.1. The highest BCUT2D eigenvalue weighted by Gasteiger charge is 2.10. The fourth-order valence-corrected chi connectivity index (χ4v) is 2.35. The molecule has 0 atom stereocenters. The summed E-state index contributed by atoms with van der Waals surface area (Å²) in [5.41, 5.74) is 0.698. The van der Waals surface area contributed by atoms with Gasteiger partial charge in [-0.25, -0.2) is 4.98 Å². The van der Waals surface area contributed by atoms with Crippen molar-refractivity contribution in [2.24, 2.45) is 0 Å². The number of carbonyl (C=O) groups is 1. The number of methoxy groups -OCH3 is 1. The van der Waals surface area contributed by atoms with Crippen molar-refractivity contribution in [2.45, 2.75) is 25.7 Å². The summed E-state index contributed by atoms with van der Waals surface area (Å²) < 4.78 is 5.11. The van der Waals surface area contributed by atoms with Crippen molar-refractivity contribution in [3.05, 3.63) is 57.8 Å². The first-order valence-corrected chi connectivity index (χ1v) is 8.24. The Labute approximate surface area is 146 Å². The summed E-state index contributed by atoms with van der Waals surface area (Å²) in [6.45, 7) is 0.638. The van der Waals surface area contributed by atoms with E-state index >= 15 is 0 Å². The number of aromatic nitrogens is 2. The van der Waals surface area contributed by atoms with Crippen LogP contribution in [0.5, 0.6) is 5.75 Å². The van der Waals surface area contributed by atoms with Gasteiger partial charge < -0.3 is 20.1 Å². The Balaban J connectivity index is 2.01. The standard InChI is InChI=1S/C18H23N3O4/c1-25-14-7-5-13(6-8-14)11-16-20-15(12-17(23)21-16)18(24)19-9-3-2-4-10-22/h5-8,12,22H,2-4,9-11H2,1H3,(H,19,24)(H,20,21,23). The Morgan fingerprint density at radius 3 is 2.68 bits per heavy atom. The monoisotopic (exact) mass is 345 g/mol. The first-order valence-electron chi connectivity index (χ1n) is 8.24. The van der Waals surface area contributed by atoms with Gasteiger partial charge in [-0.1, -0.05) is 12.1 Å². The molecule has 2 rings (SSSR count). The van der Waals surface area contributed by atoms with Gasteiger partial charge in [0.25, 0.3) is 11.5 Å². The second-order valence-corrected chi connectivity index (χ2v) is 5.64. The van der Waals surface area contributed by atoms with Crippen LogP contribution in [0, 0.1) is 0 Å². The lowest BCUT2D eigenvalue weighted by Crippen LogP contribution is -2.28. The van der Waals surface area contributed by atoms with Gasteiger partial charge in [0, 0.05) is 25.6 Å². The molecule has 1 aromatic carbocycles. The number of amides is 1. The van der Waals surface area contributed by atoms with E-state index in [-0.39, 0.29) is 23.8 Å². The van der Waals surface area contributed by atoms with Crippen LogP contribution in [0.4, 0.5) is 0 Å². The summed E-state index contributed by atoms with van der Waals surface area (Å²) in [6.07, 6.45) is 2.73. The highest BCUT2D eigenvalue weighted by molar-refractivity contribution is 5.92. The predicted octanol–water partition coefficient (Wildman–Crippen LogP) is 1.26. The van der Waals surface area contributed by atoms with Crippen LogP contribution in [0.25, 0.3) is 0 Å². The normalized spacial score (nSPS) is 10.5. The molecule has 0 spiro atoms. The van der Waals surface area contributed by atoms with Crippen molar-refractivity contribution >= 4 is 5.91 Å². The van der Waals surface area contributed by atoms with Crippen LogP contribution in [0.3, 0.4) is 0 Å². The van der Waals surface area contributed by atoms with Gasteiger partial charge in [-0.3, -0.25) is 9.59 Å². The summed E-state index contributed by atoms with van der Waals surface area (Å²) >= 11 is 0. The molecule has 7 heteroatoms. The second-order valence-electron chi connectivity index (χ2n) is 5.64. The third-order valence-corrected chi connectivity index (χ3v) is 3.67. The number of carbonyl (C=O) groups excluding carboxylic acids is 1. The van der Waals surface area contributed by atoms with E-state index in [9.17, 15) is 9.59 Å². The number of aliphatic hydroxyl groups excluding tert-OH is 1. The molecule has 0 fully saturated rings. The highest BCUT2D eigenvalue weighted by atomic mass is 16.5. The van der Waals surface area contributed by atoms with Gasteiger partial charge in [0.1, 0.15) is 17.3 Å². The van der Waals surface area contributed by atoms with Gasteiger partial charge >= 0.3 is 0 Å². The summed E-state index contributed by atoms with van der Waals surface area (Å²) in [7, 11) is 1.60. The van der Waals surface area contributed by atoms with E-state index in [4.69, 9.17) is 9.84 Å². The van der Waals surface area contributed by atoms with E-state index in [2.05, 4.69) is 15.3 Å². The van der Waals surface area contributed by atoms with Gasteiger partial charge in [-0.2, -0.15) is 0 Å². The maximum Gasteiger partial charge on any atom is 0.270 e. The summed E-state index contributed by atoms with van der Waals surface area (Å²) in [4.78, 5) is 30.8. The van der Waals surface area contributed by atoms with Crippen LogP contribution in [-0.4, -0.2) is 41.2 Å². The minimum atomic E-state index is -0.369. The number of hydrogen-bond acceptors (Lipinski definition) is 5. The number of H-pyrrole nitrogens is 1. The quantitative estimate of drug-likeness (QED) is 0.594. The van der Waals surface area contributed by atoms with Crippen LogP contribution in [-0.2, 0) is 6.42 Å². The van der Waals surface area contributed by atoms with Gasteiger partial charge in [-0.15, -0.1) is 0 Å². The average molecular weight is 345 g/mol. The Morgan fingerprint density at radius 2 is 2.00 bits per heavy atom. The molecule has 7 nitrogen and oxygen atoms in total. The Morgan fingerprint density at radius 1 is 1.24 bits per heavy atom. The molecule has 0 aliphatic carbocycles. The van der Waals surface area contributed by atoms with Gasteiger partial charge in [0.15, 0.2) is 0 Å². The number of hydrogen-bond donors (Lipinski definition) is 3. The fourth-order valence-electron chi connectivity index (χ4n) is 2.35. The molecule has 1 heterocycles. The molecule has 0 saturated heterocycles. The topological polar surface area (TPSA) is 104 Å². The molecule has 0 radical (unpaired) electrons. The molecular formula is C18H23N3O4. The number of ether oxygens (including phenoxy) is 1. The van der Waals surface area contributed by atoms with Crippen LogP contribution >= 0.6 is 0 Å². The number of nitrogens with one attached hydrogen (secondary N) is 2. The van der Waals surface area contributed by atoms with Gasteiger partial charge in [-0.05, 0) is 37.0 Å². The zero-order valence-corrected chi connectivity index (χ0v) is 14.2. The number of benzene rings is 1. The van der Waals surface area contributed by atoms with Crippen molar-refractivity contribution in [1.29, 1.82) is 0 Å². The third-order valence-electron chi connectivity index (χ3n) is 3.67. The van der Waals surface area contributed by atoms with E-state index in [1.807, 2.05) is 24.3 Å². The van der Waals surface area contributed by atoms with E-state index in [0.717, 1.165) is 24.2 Å². The minimum Gasteiger partial charge on any atom is -0.497 e. The van der Waals surface area contributed by atoms with E-state index in [0.29, 0.717) is 25.2 Å². The van der Waals surface area contributed by atoms with Gasteiger partial charge in [0.05, 0.1) is 7.11 Å². The molecule has 0 aliphatic heterocycles. The van der Waals surface area contributed by atoms with E-state index in [1.165, 1.54) is 6.07 Å². The Hall–Kier alpha value is -2.67. The number of unbranched alkanes of at least 4 members (excludes halogenated alkanes) is 2. The van der Waals surface area contributed by atoms with E-state index in [1.54, 1.807) is 7.11 Å². The first kappa shape index (κ1) is 18.7. The smallest absolute Gasteiger partial charge is 0.270 e. The molecule has 0 unspecified atom stereocenters. The largest absolute Gasteiger partial charge is 0.497 e. The average Bonchev–Trinajstić information content (AvgIpc) is 2.61. The highest BCUT2D eigenvalue weighted by Crippen LogP contribution is 2.13. The number of nitrogens with zero attached hydrogens (tertiary/aromatic N) is 1. The molecule has 134 valence electrons. The van der Waals surface area contributed by atoms with Crippen molar-refractivity contribution in [3.63, 3.8) is 0 Å². The first-order chi connectivity index (χ1) is 12.1. The van der Waals surface area contributed by atoms with Crippen molar-refractivity contribution in [3.8, 4) is 5.75 Å². The third kappa shape index (κ3) is 6.04. The molecule has 0 bridgehead atoms. The van der Waals surface area contributed by atoms with Crippen molar-refractivity contribution in [1.82, 2.24) is 15.3 Å². The van der Waals surface area contributed by atoms with Crippen LogP contribution in [0.2, 0.25) is 0 Å². The number of rotatable bonds is 9. The minimum absolute atomic E-state index is 0.106. The molecular weight excluding hydrogens is 322 g/mol. The lowest BCUT2D eigenvalue weighted by atomic mass is 10.1. The molecule has 1 aromatic heterocycles. The predicted molar refractivity (Wildman–Crippen MR) is 93.9 cm³/mol. The SMILES string of the molecule is COc1ccc(Cc2nc(C(=O)NCCCCCO)cc(=O)[nH]2)cc1. The Bertz CT molecular complexity index is 741. The van der Waals surface area contributed by atoms with Crippen LogP contribution in [0.1, 0.15) is 41.1 Å². The lowest BCUT2D eigenvalue weighted by Gasteiger charge is -2.07. The van der Waals surface area contributed by atoms with Gasteiger partial charge in [0.2, 0.25) is 0 Å². The summed E-state index contributed by atoms with van der Waals surface area (Å²) in [6, 6.07) is 8.62. The Kier molecular flexibility index (Phi) is 7.16. The van der Waals surface area contributed by atoms with Crippen molar-refractivity contribution < 1.29 is 14.6 Å². The zero-order valence-electron chi connectivity index (χ0n) is 14.2. The lowest BCUT2D eigenvalue weighted by molar-refractivity contribution is 0.0947. The maximum atomic E-state index is 12.1. The summed E-state index contributed by atoms with van der Waals surface area (Å²) in [5, 5.41) is 11.5. The summed E-state index contributed by atoms with van der Waals surface area (Å²) in [5.74, 6) is 0.814.